The summed E-state index contributed by atoms with van der Waals surface area (Å²) in [7, 11) is 0. The average Bonchev–Trinajstić information content (AvgIpc) is 3.11. The smallest absolute Gasteiger partial charge is 0.252 e. The molecule has 1 saturated heterocycles. The summed E-state index contributed by atoms with van der Waals surface area (Å²) >= 11 is 5.99. The van der Waals surface area contributed by atoms with Crippen molar-refractivity contribution >= 4 is 17.5 Å². The number of hydrogen-bond acceptors (Lipinski definition) is 6. The zero-order valence-corrected chi connectivity index (χ0v) is 17.9. The number of pyridine rings is 1. The van der Waals surface area contributed by atoms with Crippen molar-refractivity contribution in [3.8, 4) is 11.6 Å². The maximum Gasteiger partial charge on any atom is 0.252 e. The molecule has 0 saturated carbocycles. The van der Waals surface area contributed by atoms with Crippen molar-refractivity contribution < 1.29 is 14.3 Å². The zero-order chi connectivity index (χ0) is 21.4. The van der Waals surface area contributed by atoms with Gasteiger partial charge in [-0.25, -0.2) is 9.67 Å². The summed E-state index contributed by atoms with van der Waals surface area (Å²) in [6, 6.07) is 11.2. The third-order valence-corrected chi connectivity index (χ3v) is 5.95. The Kier molecular flexibility index (Phi) is 5.33. The van der Waals surface area contributed by atoms with Gasteiger partial charge < -0.3 is 14.4 Å². The van der Waals surface area contributed by atoms with Crippen LogP contribution in [0.5, 0.6) is 5.88 Å². The van der Waals surface area contributed by atoms with Gasteiger partial charge in [-0.2, -0.15) is 0 Å². The third kappa shape index (κ3) is 4.00. The van der Waals surface area contributed by atoms with Crippen molar-refractivity contribution in [1.29, 1.82) is 0 Å². The van der Waals surface area contributed by atoms with Crippen LogP contribution in [0, 0.1) is 6.92 Å². The molecule has 8 nitrogen and oxygen atoms in total. The first-order chi connectivity index (χ1) is 15.1. The number of halogens is 1. The summed E-state index contributed by atoms with van der Waals surface area (Å²) in [5.41, 5.74) is 4.52. The van der Waals surface area contributed by atoms with Gasteiger partial charge in [0.05, 0.1) is 23.7 Å². The van der Waals surface area contributed by atoms with E-state index in [0.29, 0.717) is 37.0 Å². The lowest BCUT2D eigenvalue weighted by Gasteiger charge is -2.34. The van der Waals surface area contributed by atoms with Gasteiger partial charge >= 0.3 is 0 Å². The van der Waals surface area contributed by atoms with Gasteiger partial charge in [0, 0.05) is 37.0 Å². The number of aryl methyl sites for hydroxylation is 1. The van der Waals surface area contributed by atoms with Gasteiger partial charge in [-0.1, -0.05) is 22.9 Å². The molecule has 0 spiro atoms. The fraction of sp³-hybridized carbons (Fsp3) is 0.364. The molecule has 1 fully saturated rings. The molecule has 9 heteroatoms. The number of aromatic nitrogens is 4. The Morgan fingerprint density at radius 3 is 2.81 bits per heavy atom. The summed E-state index contributed by atoms with van der Waals surface area (Å²) in [6.45, 7) is 4.07. The van der Waals surface area contributed by atoms with Crippen molar-refractivity contribution in [1.82, 2.24) is 24.9 Å². The molecule has 160 valence electrons. The van der Waals surface area contributed by atoms with E-state index in [-0.39, 0.29) is 18.6 Å². The number of nitrogens with zero attached hydrogens (tertiary/aromatic N) is 5. The highest BCUT2D eigenvalue weighted by molar-refractivity contribution is 6.30. The van der Waals surface area contributed by atoms with Crippen LogP contribution in [0.3, 0.4) is 0 Å². The molecule has 2 aromatic heterocycles. The van der Waals surface area contributed by atoms with Crippen LogP contribution in [0.25, 0.3) is 5.69 Å². The van der Waals surface area contributed by atoms with E-state index in [1.54, 1.807) is 4.68 Å². The summed E-state index contributed by atoms with van der Waals surface area (Å²) < 4.78 is 13.1. The van der Waals surface area contributed by atoms with E-state index in [0.717, 1.165) is 34.8 Å². The Hall–Kier alpha value is -2.97. The van der Waals surface area contributed by atoms with Gasteiger partial charge in [0.25, 0.3) is 5.91 Å². The van der Waals surface area contributed by atoms with E-state index < -0.39 is 0 Å². The minimum absolute atomic E-state index is 0.0793. The van der Waals surface area contributed by atoms with Gasteiger partial charge in [-0.05, 0) is 36.8 Å². The molecule has 1 atom stereocenters. The minimum atomic E-state index is -0.264. The van der Waals surface area contributed by atoms with Gasteiger partial charge in [0.2, 0.25) is 5.88 Å². The second-order valence-corrected chi connectivity index (χ2v) is 8.15. The first kappa shape index (κ1) is 20.0. The molecule has 2 aliphatic heterocycles. The lowest BCUT2D eigenvalue weighted by Crippen LogP contribution is -2.47. The number of fused-ring (bicyclic) bond motifs is 1. The minimum Gasteiger partial charge on any atom is -0.471 e. The first-order valence-electron chi connectivity index (χ1n) is 10.3. The van der Waals surface area contributed by atoms with Crippen molar-refractivity contribution in [3.63, 3.8) is 0 Å². The van der Waals surface area contributed by atoms with Gasteiger partial charge in [-0.15, -0.1) is 5.10 Å². The normalized spacial score (nSPS) is 17.7. The van der Waals surface area contributed by atoms with Gasteiger partial charge in [0.1, 0.15) is 18.4 Å². The predicted molar refractivity (Wildman–Crippen MR) is 113 cm³/mol. The summed E-state index contributed by atoms with van der Waals surface area (Å²) in [5.74, 6) is 0.625. The second-order valence-electron chi connectivity index (χ2n) is 7.71. The van der Waals surface area contributed by atoms with E-state index in [1.807, 2.05) is 48.2 Å². The fourth-order valence-electron chi connectivity index (χ4n) is 3.77. The summed E-state index contributed by atoms with van der Waals surface area (Å²) in [6.07, 6.45) is 1.25. The van der Waals surface area contributed by atoms with Crippen LogP contribution < -0.4 is 4.74 Å². The van der Waals surface area contributed by atoms with Crippen molar-refractivity contribution in [2.45, 2.75) is 39.0 Å². The van der Waals surface area contributed by atoms with Crippen LogP contribution in [-0.4, -0.2) is 50.0 Å². The molecule has 0 bridgehead atoms. The van der Waals surface area contributed by atoms with Crippen molar-refractivity contribution in [2.75, 3.05) is 13.2 Å². The molecular weight excluding hydrogens is 418 g/mol. The number of benzene rings is 1. The molecule has 1 unspecified atom stereocenters. The van der Waals surface area contributed by atoms with Crippen LogP contribution in [0.15, 0.2) is 36.4 Å². The predicted octanol–water partition coefficient (Wildman–Crippen LogP) is 2.88. The number of carbonyl (C=O) groups is 1. The van der Waals surface area contributed by atoms with Gasteiger partial charge in [0.15, 0.2) is 0 Å². The monoisotopic (exact) mass is 439 g/mol. The van der Waals surface area contributed by atoms with Crippen molar-refractivity contribution in [2.24, 2.45) is 0 Å². The van der Waals surface area contributed by atoms with Crippen molar-refractivity contribution in [3.05, 3.63) is 64.1 Å². The molecule has 0 radical (unpaired) electrons. The Morgan fingerprint density at radius 2 is 2.06 bits per heavy atom. The van der Waals surface area contributed by atoms with Crippen LogP contribution in [0.1, 0.15) is 29.1 Å². The molecule has 0 N–H and O–H groups in total. The topological polar surface area (TPSA) is 82.4 Å². The Bertz CT molecular complexity index is 1110. The Labute approximate surface area is 184 Å². The molecule has 31 heavy (non-hydrogen) atoms. The number of rotatable bonds is 5. The maximum atomic E-state index is 12.4. The number of carbonyl (C=O) groups excluding carboxylic acids is 1. The lowest BCUT2D eigenvalue weighted by atomic mass is 10.0. The maximum absolute atomic E-state index is 12.4. The van der Waals surface area contributed by atoms with Crippen LogP contribution in [0.4, 0.5) is 0 Å². The number of amides is 1. The van der Waals surface area contributed by atoms with E-state index >= 15 is 0 Å². The van der Waals surface area contributed by atoms with E-state index in [4.69, 9.17) is 21.1 Å². The van der Waals surface area contributed by atoms with Crippen LogP contribution in [0.2, 0.25) is 5.02 Å². The molecule has 1 amide bonds. The molecule has 4 heterocycles. The SMILES string of the molecule is Cc1nnn(-c2ccc(Cl)cc2)c1COc1ccc2c(n1)CCN(C(=O)C1CCO1)C2. The highest BCUT2D eigenvalue weighted by Gasteiger charge is 2.32. The third-order valence-electron chi connectivity index (χ3n) is 5.69. The van der Waals surface area contributed by atoms with Gasteiger partial charge in [-0.3, -0.25) is 4.79 Å². The quantitative estimate of drug-likeness (QED) is 0.608. The molecule has 5 rings (SSSR count). The number of hydrogen-bond donors (Lipinski definition) is 0. The first-order valence-corrected chi connectivity index (χ1v) is 10.7. The fourth-order valence-corrected chi connectivity index (χ4v) is 3.90. The Morgan fingerprint density at radius 1 is 1.26 bits per heavy atom. The summed E-state index contributed by atoms with van der Waals surface area (Å²) in [4.78, 5) is 19.0. The van der Waals surface area contributed by atoms with E-state index in [1.165, 1.54) is 0 Å². The second kappa shape index (κ2) is 8.28. The highest BCUT2D eigenvalue weighted by atomic mass is 35.5. The molecular formula is C22H22ClN5O3. The highest BCUT2D eigenvalue weighted by Crippen LogP contribution is 2.24. The molecule has 0 aliphatic carbocycles. The van der Waals surface area contributed by atoms with E-state index in [9.17, 15) is 4.79 Å². The standard InChI is InChI=1S/C22H22ClN5O3/c1-14-19(28(26-25-14)17-5-3-16(23)4-6-17)13-31-21-7-2-15-12-27(10-8-18(15)24-21)22(29)20-9-11-30-20/h2-7,20H,8-13H2,1H3. The molecule has 1 aromatic carbocycles. The lowest BCUT2D eigenvalue weighted by molar-refractivity contribution is -0.157. The molecule has 2 aliphatic rings. The average molecular weight is 440 g/mol. The Balaban J connectivity index is 1.28. The number of ether oxygens (including phenoxy) is 2. The zero-order valence-electron chi connectivity index (χ0n) is 17.1. The van der Waals surface area contributed by atoms with Crippen LogP contribution in [-0.2, 0) is 29.1 Å². The molecule has 3 aromatic rings. The summed E-state index contributed by atoms with van der Waals surface area (Å²) in [5, 5.41) is 9.07. The van der Waals surface area contributed by atoms with E-state index in [2.05, 4.69) is 15.3 Å². The van der Waals surface area contributed by atoms with Crippen LogP contribution >= 0.6 is 11.6 Å². The largest absolute Gasteiger partial charge is 0.471 e.